The van der Waals surface area contributed by atoms with Gasteiger partial charge in [-0.1, -0.05) is 19.1 Å². The number of ketones is 1. The molecule has 0 amide bonds. The Morgan fingerprint density at radius 3 is 2.39 bits per heavy atom. The molecule has 0 saturated carbocycles. The molecule has 3 aromatic rings. The van der Waals surface area contributed by atoms with Crippen molar-refractivity contribution in [3.63, 3.8) is 0 Å². The molecule has 0 radical (unpaired) electrons. The van der Waals surface area contributed by atoms with Crippen molar-refractivity contribution < 1.29 is 18.7 Å². The second kappa shape index (κ2) is 6.16. The van der Waals surface area contributed by atoms with Crippen LogP contribution < -0.4 is 9.47 Å². The SMILES string of the molecule is CCc1oc2c(OC)cccc2c1C(=O)c1ccc(OC)cc1. The standard InChI is InChI=1S/C19H18O4/c1-4-15-17(14-6-5-7-16(22-3)19(14)23-15)18(20)12-8-10-13(21-2)11-9-12/h5-11H,4H2,1-3H3. The quantitative estimate of drug-likeness (QED) is 0.661. The molecule has 4 nitrogen and oxygen atoms in total. The summed E-state index contributed by atoms with van der Waals surface area (Å²) in [5.41, 5.74) is 1.82. The van der Waals surface area contributed by atoms with Crippen LogP contribution >= 0.6 is 0 Å². The normalized spacial score (nSPS) is 10.7. The summed E-state index contributed by atoms with van der Waals surface area (Å²) in [6.45, 7) is 1.97. The van der Waals surface area contributed by atoms with Crippen LogP contribution in [0.5, 0.6) is 11.5 Å². The van der Waals surface area contributed by atoms with E-state index in [0.717, 1.165) is 11.1 Å². The van der Waals surface area contributed by atoms with Gasteiger partial charge in [-0.2, -0.15) is 0 Å². The monoisotopic (exact) mass is 310 g/mol. The number of hydrogen-bond acceptors (Lipinski definition) is 4. The van der Waals surface area contributed by atoms with E-state index in [0.29, 0.717) is 34.6 Å². The van der Waals surface area contributed by atoms with Crippen LogP contribution in [-0.2, 0) is 6.42 Å². The predicted octanol–water partition coefficient (Wildman–Crippen LogP) is 4.24. The molecule has 0 unspecified atom stereocenters. The van der Waals surface area contributed by atoms with Gasteiger partial charge >= 0.3 is 0 Å². The molecule has 118 valence electrons. The smallest absolute Gasteiger partial charge is 0.197 e. The molecule has 4 heteroatoms. The van der Waals surface area contributed by atoms with E-state index in [1.54, 1.807) is 38.5 Å². The minimum atomic E-state index is -0.0588. The zero-order valence-corrected chi connectivity index (χ0v) is 13.4. The van der Waals surface area contributed by atoms with E-state index in [1.165, 1.54) is 0 Å². The average molecular weight is 310 g/mol. The minimum Gasteiger partial charge on any atom is -0.497 e. The molecule has 0 aliphatic carbocycles. The van der Waals surface area contributed by atoms with E-state index in [9.17, 15) is 4.79 Å². The number of ether oxygens (including phenoxy) is 2. The van der Waals surface area contributed by atoms with E-state index in [2.05, 4.69) is 0 Å². The van der Waals surface area contributed by atoms with Crippen molar-refractivity contribution in [2.75, 3.05) is 14.2 Å². The lowest BCUT2D eigenvalue weighted by Gasteiger charge is -2.04. The van der Waals surface area contributed by atoms with E-state index in [1.807, 2.05) is 25.1 Å². The lowest BCUT2D eigenvalue weighted by Crippen LogP contribution is -2.03. The number of carbonyl (C=O) groups is 1. The van der Waals surface area contributed by atoms with Gasteiger partial charge in [0.15, 0.2) is 17.1 Å². The Bertz CT molecular complexity index is 844. The lowest BCUT2D eigenvalue weighted by molar-refractivity contribution is 0.103. The van der Waals surface area contributed by atoms with Crippen LogP contribution in [0.3, 0.4) is 0 Å². The third-order valence-electron chi connectivity index (χ3n) is 3.87. The van der Waals surface area contributed by atoms with Gasteiger partial charge in [0.1, 0.15) is 11.5 Å². The van der Waals surface area contributed by atoms with Crippen LogP contribution in [0.2, 0.25) is 0 Å². The van der Waals surface area contributed by atoms with E-state index < -0.39 is 0 Å². The van der Waals surface area contributed by atoms with E-state index in [4.69, 9.17) is 13.9 Å². The molecule has 0 fully saturated rings. The van der Waals surface area contributed by atoms with Crippen molar-refractivity contribution in [1.82, 2.24) is 0 Å². The van der Waals surface area contributed by atoms with Gasteiger partial charge in [-0.05, 0) is 30.3 Å². The highest BCUT2D eigenvalue weighted by Gasteiger charge is 2.22. The molecule has 2 aromatic carbocycles. The zero-order chi connectivity index (χ0) is 16.4. The molecular formula is C19H18O4. The number of hydrogen-bond donors (Lipinski definition) is 0. The van der Waals surface area contributed by atoms with Crippen LogP contribution in [0.15, 0.2) is 46.9 Å². The summed E-state index contributed by atoms with van der Waals surface area (Å²) in [6.07, 6.45) is 0.634. The molecule has 0 N–H and O–H groups in total. The minimum absolute atomic E-state index is 0.0588. The Kier molecular flexibility index (Phi) is 4.06. The second-order valence-electron chi connectivity index (χ2n) is 5.15. The number of fused-ring (bicyclic) bond motifs is 1. The Morgan fingerprint density at radius 2 is 1.78 bits per heavy atom. The first-order valence-corrected chi connectivity index (χ1v) is 7.46. The second-order valence-corrected chi connectivity index (χ2v) is 5.15. The van der Waals surface area contributed by atoms with Crippen molar-refractivity contribution in [3.8, 4) is 11.5 Å². The number of benzene rings is 2. The molecule has 23 heavy (non-hydrogen) atoms. The predicted molar refractivity (Wildman–Crippen MR) is 88.6 cm³/mol. The molecular weight excluding hydrogens is 292 g/mol. The summed E-state index contributed by atoms with van der Waals surface area (Å²) in [4.78, 5) is 13.0. The molecule has 3 rings (SSSR count). The number of carbonyl (C=O) groups excluding carboxylic acids is 1. The summed E-state index contributed by atoms with van der Waals surface area (Å²) >= 11 is 0. The molecule has 0 aliphatic heterocycles. The topological polar surface area (TPSA) is 48.7 Å². The first-order chi connectivity index (χ1) is 11.2. The van der Waals surface area contributed by atoms with Gasteiger partial charge in [0.2, 0.25) is 0 Å². The summed E-state index contributed by atoms with van der Waals surface area (Å²) in [7, 11) is 3.19. The first-order valence-electron chi connectivity index (χ1n) is 7.46. The number of methoxy groups -OCH3 is 2. The fourth-order valence-electron chi connectivity index (χ4n) is 2.69. The zero-order valence-electron chi connectivity index (χ0n) is 13.4. The fourth-order valence-corrected chi connectivity index (χ4v) is 2.69. The molecule has 0 atom stereocenters. The van der Waals surface area contributed by atoms with Crippen molar-refractivity contribution in [3.05, 3.63) is 59.4 Å². The van der Waals surface area contributed by atoms with Crippen LogP contribution in [-0.4, -0.2) is 20.0 Å². The maximum Gasteiger partial charge on any atom is 0.197 e. The lowest BCUT2D eigenvalue weighted by atomic mass is 9.99. The molecule has 1 heterocycles. The van der Waals surface area contributed by atoms with Crippen molar-refractivity contribution in [2.45, 2.75) is 13.3 Å². The average Bonchev–Trinajstić information content (AvgIpc) is 2.99. The van der Waals surface area contributed by atoms with Crippen LogP contribution in [0.1, 0.15) is 28.6 Å². The summed E-state index contributed by atoms with van der Waals surface area (Å²) in [6, 6.07) is 12.7. The van der Waals surface area contributed by atoms with Gasteiger partial charge in [-0.25, -0.2) is 0 Å². The third-order valence-corrected chi connectivity index (χ3v) is 3.87. The van der Waals surface area contributed by atoms with Gasteiger partial charge in [-0.3, -0.25) is 4.79 Å². The molecule has 0 aliphatic rings. The van der Waals surface area contributed by atoms with Gasteiger partial charge in [-0.15, -0.1) is 0 Å². The van der Waals surface area contributed by atoms with Gasteiger partial charge in [0, 0.05) is 17.4 Å². The Hall–Kier alpha value is -2.75. The summed E-state index contributed by atoms with van der Waals surface area (Å²) in [5, 5.41) is 0.780. The van der Waals surface area contributed by atoms with Gasteiger partial charge in [0.25, 0.3) is 0 Å². The van der Waals surface area contributed by atoms with E-state index >= 15 is 0 Å². The van der Waals surface area contributed by atoms with Crippen molar-refractivity contribution >= 4 is 16.8 Å². The van der Waals surface area contributed by atoms with E-state index in [-0.39, 0.29) is 5.78 Å². The largest absolute Gasteiger partial charge is 0.497 e. The molecule has 0 bridgehead atoms. The molecule has 0 saturated heterocycles. The van der Waals surface area contributed by atoms with Crippen molar-refractivity contribution in [2.24, 2.45) is 0 Å². The van der Waals surface area contributed by atoms with Crippen LogP contribution in [0.4, 0.5) is 0 Å². The number of para-hydroxylation sites is 1. The third kappa shape index (κ3) is 2.57. The highest BCUT2D eigenvalue weighted by molar-refractivity contribution is 6.17. The number of furan rings is 1. The maximum absolute atomic E-state index is 13.0. The first kappa shape index (κ1) is 15.2. The Balaban J connectivity index is 2.15. The van der Waals surface area contributed by atoms with Gasteiger partial charge < -0.3 is 13.9 Å². The molecule has 1 aromatic heterocycles. The molecule has 0 spiro atoms. The highest BCUT2D eigenvalue weighted by Crippen LogP contribution is 2.34. The van der Waals surface area contributed by atoms with Gasteiger partial charge in [0.05, 0.1) is 19.8 Å². The fraction of sp³-hybridized carbons (Fsp3) is 0.211. The summed E-state index contributed by atoms with van der Waals surface area (Å²) < 4.78 is 16.4. The summed E-state index contributed by atoms with van der Waals surface area (Å²) in [5.74, 6) is 1.96. The van der Waals surface area contributed by atoms with Crippen LogP contribution in [0, 0.1) is 0 Å². The number of rotatable bonds is 5. The van der Waals surface area contributed by atoms with Crippen LogP contribution in [0.25, 0.3) is 11.0 Å². The maximum atomic E-state index is 13.0. The Morgan fingerprint density at radius 1 is 1.04 bits per heavy atom. The highest BCUT2D eigenvalue weighted by atomic mass is 16.5. The number of aryl methyl sites for hydroxylation is 1. The Labute approximate surface area is 134 Å². The van der Waals surface area contributed by atoms with Crippen molar-refractivity contribution in [1.29, 1.82) is 0 Å².